The molecule has 0 spiro atoms. The minimum atomic E-state index is -1.15. The molecule has 0 aliphatic heterocycles. The summed E-state index contributed by atoms with van der Waals surface area (Å²) in [6, 6.07) is 5.89. The number of rotatable bonds is 3. The van der Waals surface area contributed by atoms with E-state index in [9.17, 15) is 24.3 Å². The first-order valence-corrected chi connectivity index (χ1v) is 8.88. The Kier molecular flexibility index (Phi) is 4.90. The molecule has 1 aromatic carbocycles. The molecule has 0 aliphatic rings. The van der Waals surface area contributed by atoms with Crippen LogP contribution in [0.15, 0.2) is 43.4 Å². The molecule has 0 bridgehead atoms. The number of hydrogen-bond donors (Lipinski definition) is 3. The lowest BCUT2D eigenvalue weighted by Crippen LogP contribution is -2.44. The molecule has 3 rings (SSSR count). The highest BCUT2D eigenvalue weighted by Gasteiger charge is 2.31. The van der Waals surface area contributed by atoms with Crippen LogP contribution in [0.2, 0.25) is 0 Å². The zero-order valence-electron chi connectivity index (χ0n) is 16.9. The van der Waals surface area contributed by atoms with E-state index in [4.69, 9.17) is 11.5 Å². The third-order valence-electron chi connectivity index (χ3n) is 5.27. The smallest absolute Gasteiger partial charge is 0.332 e. The minimum Gasteiger partial charge on any atom is -0.508 e. The maximum Gasteiger partial charge on any atom is 0.332 e. The lowest BCUT2D eigenvalue weighted by atomic mass is 9.86. The van der Waals surface area contributed by atoms with Crippen molar-refractivity contribution in [3.05, 3.63) is 82.6 Å². The third kappa shape index (κ3) is 2.91. The molecule has 0 amide bonds. The van der Waals surface area contributed by atoms with Gasteiger partial charge in [0.05, 0.1) is 17.0 Å². The average molecular weight is 414 g/mol. The van der Waals surface area contributed by atoms with E-state index in [2.05, 4.69) is 0 Å². The van der Waals surface area contributed by atoms with Crippen molar-refractivity contribution in [1.29, 1.82) is 0 Å². The second kappa shape index (κ2) is 7.10. The number of nitrogens with zero attached hydrogens (tertiary/aromatic N) is 4. The highest BCUT2D eigenvalue weighted by Crippen LogP contribution is 2.34. The van der Waals surface area contributed by atoms with Crippen LogP contribution in [-0.2, 0) is 28.2 Å². The van der Waals surface area contributed by atoms with Crippen LogP contribution >= 0.6 is 0 Å². The normalized spacial score (nSPS) is 11.2. The van der Waals surface area contributed by atoms with Crippen molar-refractivity contribution in [2.24, 2.45) is 28.2 Å². The molecule has 3 aromatic rings. The van der Waals surface area contributed by atoms with E-state index in [1.807, 2.05) is 0 Å². The molecule has 0 aliphatic carbocycles. The van der Waals surface area contributed by atoms with Crippen LogP contribution in [0.4, 0.5) is 11.6 Å². The number of aromatic hydroxyl groups is 1. The quantitative estimate of drug-likeness (QED) is 0.471. The van der Waals surface area contributed by atoms with Gasteiger partial charge in [0.1, 0.15) is 17.4 Å². The SMILES string of the molecule is Cn1c(N)c(C(c2cccc(O)c2)c2c(N)n(C)c(=O)n(C)c2=O)c(=O)n(C)c1=O. The zero-order chi connectivity index (χ0) is 22.5. The average Bonchev–Trinajstić information content (AvgIpc) is 2.72. The van der Waals surface area contributed by atoms with Gasteiger partial charge in [-0.15, -0.1) is 0 Å². The van der Waals surface area contributed by atoms with E-state index in [1.165, 1.54) is 46.4 Å². The van der Waals surface area contributed by atoms with Gasteiger partial charge in [-0.25, -0.2) is 9.59 Å². The summed E-state index contributed by atoms with van der Waals surface area (Å²) < 4.78 is 3.89. The van der Waals surface area contributed by atoms with Crippen LogP contribution < -0.4 is 34.0 Å². The minimum absolute atomic E-state index is 0.0763. The number of phenols is 1. The Morgan fingerprint density at radius 3 is 1.60 bits per heavy atom. The van der Waals surface area contributed by atoms with Gasteiger partial charge in [0, 0.05) is 28.2 Å². The van der Waals surface area contributed by atoms with Crippen LogP contribution in [-0.4, -0.2) is 23.4 Å². The van der Waals surface area contributed by atoms with E-state index in [0.717, 1.165) is 18.3 Å². The van der Waals surface area contributed by atoms with Crippen molar-refractivity contribution >= 4 is 11.6 Å². The maximum absolute atomic E-state index is 13.1. The van der Waals surface area contributed by atoms with Crippen LogP contribution in [0.3, 0.4) is 0 Å². The van der Waals surface area contributed by atoms with E-state index in [-0.39, 0.29) is 28.5 Å². The van der Waals surface area contributed by atoms with E-state index in [0.29, 0.717) is 5.56 Å². The molecule has 2 heterocycles. The summed E-state index contributed by atoms with van der Waals surface area (Å²) >= 11 is 0. The summed E-state index contributed by atoms with van der Waals surface area (Å²) in [5.41, 5.74) is 9.74. The maximum atomic E-state index is 13.1. The summed E-state index contributed by atoms with van der Waals surface area (Å²) in [6.07, 6.45) is 0. The van der Waals surface area contributed by atoms with E-state index < -0.39 is 28.4 Å². The van der Waals surface area contributed by atoms with Crippen LogP contribution in [0.1, 0.15) is 22.6 Å². The standard InChI is InChI=1S/C19H22N6O5/c1-22-14(20)12(16(27)24(3)18(22)29)11(9-6-5-7-10(26)8-9)13-15(21)23(2)19(30)25(4)17(13)28/h5-8,11,26H,20-21H2,1-4H3. The van der Waals surface area contributed by atoms with Crippen molar-refractivity contribution in [1.82, 2.24) is 18.3 Å². The van der Waals surface area contributed by atoms with Gasteiger partial charge in [-0.3, -0.25) is 27.9 Å². The number of nitrogens with two attached hydrogens (primary N) is 2. The Hall–Kier alpha value is -4.02. The fourth-order valence-corrected chi connectivity index (χ4v) is 3.50. The first kappa shape index (κ1) is 20.7. The van der Waals surface area contributed by atoms with E-state index >= 15 is 0 Å². The second-order valence-corrected chi connectivity index (χ2v) is 7.04. The Balaban J connectivity index is 2.59. The highest BCUT2D eigenvalue weighted by atomic mass is 16.3. The molecular formula is C19H22N6O5. The molecule has 2 aromatic heterocycles. The molecule has 0 unspecified atom stereocenters. The molecule has 11 heteroatoms. The number of hydrogen-bond acceptors (Lipinski definition) is 7. The van der Waals surface area contributed by atoms with Gasteiger partial charge in [-0.1, -0.05) is 12.1 Å². The lowest BCUT2D eigenvalue weighted by Gasteiger charge is -2.23. The van der Waals surface area contributed by atoms with Gasteiger partial charge in [0.15, 0.2) is 0 Å². The van der Waals surface area contributed by atoms with Gasteiger partial charge in [-0.2, -0.15) is 0 Å². The third-order valence-corrected chi connectivity index (χ3v) is 5.27. The molecule has 0 atom stereocenters. The topological polar surface area (TPSA) is 160 Å². The number of nitrogen functional groups attached to an aromatic ring is 2. The summed E-state index contributed by atoms with van der Waals surface area (Å²) in [6.45, 7) is 0. The van der Waals surface area contributed by atoms with Crippen LogP contribution in [0.25, 0.3) is 0 Å². The fourth-order valence-electron chi connectivity index (χ4n) is 3.50. The molecule has 30 heavy (non-hydrogen) atoms. The van der Waals surface area contributed by atoms with Gasteiger partial charge in [-0.05, 0) is 17.7 Å². The van der Waals surface area contributed by atoms with Crippen LogP contribution in [0.5, 0.6) is 5.75 Å². The van der Waals surface area contributed by atoms with E-state index in [1.54, 1.807) is 6.07 Å². The Bertz CT molecular complexity index is 1320. The zero-order valence-corrected chi connectivity index (χ0v) is 16.9. The summed E-state index contributed by atoms with van der Waals surface area (Å²) in [7, 11) is 5.36. The predicted molar refractivity (Wildman–Crippen MR) is 112 cm³/mol. The molecular weight excluding hydrogens is 392 g/mol. The molecule has 0 fully saturated rings. The summed E-state index contributed by atoms with van der Waals surface area (Å²) in [5, 5.41) is 10.00. The molecule has 0 saturated carbocycles. The molecule has 0 saturated heterocycles. The first-order chi connectivity index (χ1) is 14.0. The van der Waals surface area contributed by atoms with Crippen LogP contribution in [0, 0.1) is 0 Å². The predicted octanol–water partition coefficient (Wildman–Crippen LogP) is -1.47. The summed E-state index contributed by atoms with van der Waals surface area (Å²) in [5.74, 6) is -1.58. The molecule has 11 nitrogen and oxygen atoms in total. The Labute approximate surface area is 169 Å². The first-order valence-electron chi connectivity index (χ1n) is 8.88. The largest absolute Gasteiger partial charge is 0.508 e. The number of benzene rings is 1. The summed E-state index contributed by atoms with van der Waals surface area (Å²) in [4.78, 5) is 50.7. The van der Waals surface area contributed by atoms with Crippen molar-refractivity contribution in [2.45, 2.75) is 5.92 Å². The Morgan fingerprint density at radius 1 is 0.767 bits per heavy atom. The van der Waals surface area contributed by atoms with Crippen molar-refractivity contribution in [3.63, 3.8) is 0 Å². The molecule has 5 N–H and O–H groups in total. The number of anilines is 2. The second-order valence-electron chi connectivity index (χ2n) is 7.04. The molecule has 158 valence electrons. The highest BCUT2D eigenvalue weighted by molar-refractivity contribution is 5.57. The lowest BCUT2D eigenvalue weighted by molar-refractivity contribution is 0.474. The number of phenolic OH excluding ortho intramolecular Hbond substituents is 1. The van der Waals surface area contributed by atoms with Crippen molar-refractivity contribution in [2.75, 3.05) is 11.5 Å². The Morgan fingerprint density at radius 2 is 1.20 bits per heavy atom. The van der Waals surface area contributed by atoms with Gasteiger partial charge in [0.2, 0.25) is 0 Å². The fraction of sp³-hybridized carbons (Fsp3) is 0.263. The van der Waals surface area contributed by atoms with Crippen molar-refractivity contribution in [3.8, 4) is 5.75 Å². The van der Waals surface area contributed by atoms with Gasteiger partial charge < -0.3 is 16.6 Å². The monoisotopic (exact) mass is 414 g/mol. The van der Waals surface area contributed by atoms with Gasteiger partial charge >= 0.3 is 11.4 Å². The van der Waals surface area contributed by atoms with Crippen molar-refractivity contribution < 1.29 is 5.11 Å². The number of aromatic nitrogens is 4. The molecule has 0 radical (unpaired) electrons. The van der Waals surface area contributed by atoms with Gasteiger partial charge in [0.25, 0.3) is 11.1 Å².